The van der Waals surface area contributed by atoms with Crippen molar-refractivity contribution in [1.82, 2.24) is 0 Å². The number of rotatable bonds is 3. The summed E-state index contributed by atoms with van der Waals surface area (Å²) in [4.78, 5) is 0. The highest BCUT2D eigenvalue weighted by molar-refractivity contribution is 5.33. The maximum Gasteiger partial charge on any atom is 0.267 e. The molecule has 0 aliphatic heterocycles. The van der Waals surface area contributed by atoms with Crippen molar-refractivity contribution in [2.75, 3.05) is 6.61 Å². The van der Waals surface area contributed by atoms with Crippen LogP contribution in [0, 0.1) is 6.07 Å². The molecule has 0 amide bonds. The fourth-order valence-electron chi connectivity index (χ4n) is 0.888. The van der Waals surface area contributed by atoms with Gasteiger partial charge in [-0.2, -0.15) is 0 Å². The zero-order valence-electron chi connectivity index (χ0n) is 6.68. The summed E-state index contributed by atoms with van der Waals surface area (Å²) in [6.45, 7) is 2.14. The molecule has 65 valence electrons. The van der Waals surface area contributed by atoms with Gasteiger partial charge in [-0.15, -0.1) is 0 Å². The predicted molar refractivity (Wildman–Crippen MR) is 41.4 cm³/mol. The molecule has 0 atom stereocenters. The first-order valence-corrected chi connectivity index (χ1v) is 3.66. The van der Waals surface area contributed by atoms with Gasteiger partial charge < -0.3 is 4.74 Å². The molecule has 0 aliphatic carbocycles. The number of alkyl halides is 2. The highest BCUT2D eigenvalue weighted by atomic mass is 19.3. The first kappa shape index (κ1) is 8.97. The van der Waals surface area contributed by atoms with Gasteiger partial charge in [0.1, 0.15) is 5.75 Å². The van der Waals surface area contributed by atoms with E-state index in [0.29, 0.717) is 6.61 Å². The maximum absolute atomic E-state index is 12.3. The predicted octanol–water partition coefficient (Wildman–Crippen LogP) is 2.82. The SMILES string of the molecule is CCOc1c[c]ccc1C(F)F. The maximum atomic E-state index is 12.3. The minimum absolute atomic E-state index is 0.0735. The van der Waals surface area contributed by atoms with Crippen LogP contribution in [0.3, 0.4) is 0 Å². The van der Waals surface area contributed by atoms with Crippen LogP contribution < -0.4 is 4.74 Å². The number of halogens is 2. The van der Waals surface area contributed by atoms with E-state index in [9.17, 15) is 8.78 Å². The fraction of sp³-hybridized carbons (Fsp3) is 0.333. The van der Waals surface area contributed by atoms with Gasteiger partial charge in [0, 0.05) is 0 Å². The molecule has 0 spiro atoms. The molecule has 0 N–H and O–H groups in total. The van der Waals surface area contributed by atoms with E-state index in [2.05, 4.69) is 6.07 Å². The van der Waals surface area contributed by atoms with E-state index in [4.69, 9.17) is 4.74 Å². The van der Waals surface area contributed by atoms with E-state index in [0.717, 1.165) is 0 Å². The van der Waals surface area contributed by atoms with Gasteiger partial charge in [-0.3, -0.25) is 0 Å². The van der Waals surface area contributed by atoms with Crippen LogP contribution >= 0.6 is 0 Å². The summed E-state index contributed by atoms with van der Waals surface area (Å²) in [7, 11) is 0. The molecule has 1 radical (unpaired) electrons. The first-order valence-electron chi connectivity index (χ1n) is 3.66. The molecule has 0 unspecified atom stereocenters. The third-order valence-corrected chi connectivity index (χ3v) is 1.39. The van der Waals surface area contributed by atoms with E-state index in [1.54, 1.807) is 6.92 Å². The summed E-state index contributed by atoms with van der Waals surface area (Å²) in [5.41, 5.74) is -0.0735. The molecule has 1 aromatic rings. The zero-order chi connectivity index (χ0) is 8.97. The first-order chi connectivity index (χ1) is 5.75. The van der Waals surface area contributed by atoms with E-state index < -0.39 is 6.43 Å². The fourth-order valence-corrected chi connectivity index (χ4v) is 0.888. The molecular weight excluding hydrogens is 162 g/mol. The molecule has 1 nitrogen and oxygen atoms in total. The topological polar surface area (TPSA) is 9.23 Å². The van der Waals surface area contributed by atoms with Crippen LogP contribution in [0.5, 0.6) is 5.75 Å². The van der Waals surface area contributed by atoms with Gasteiger partial charge in [-0.05, 0) is 25.1 Å². The van der Waals surface area contributed by atoms with Gasteiger partial charge in [0.2, 0.25) is 0 Å². The van der Waals surface area contributed by atoms with Crippen molar-refractivity contribution in [3.8, 4) is 5.75 Å². The van der Waals surface area contributed by atoms with Crippen LogP contribution in [0.2, 0.25) is 0 Å². The summed E-state index contributed by atoms with van der Waals surface area (Å²) in [6.07, 6.45) is -2.49. The third kappa shape index (κ3) is 1.94. The van der Waals surface area contributed by atoms with Gasteiger partial charge in [0.05, 0.1) is 12.2 Å². The lowest BCUT2D eigenvalue weighted by Crippen LogP contribution is -1.96. The Labute approximate surface area is 70.0 Å². The summed E-state index contributed by atoms with van der Waals surface area (Å²) < 4.78 is 29.5. The number of hydrogen-bond acceptors (Lipinski definition) is 1. The standard InChI is InChI=1S/C9H9F2O/c1-2-12-8-6-4-3-5-7(8)9(10)11/h3,5-6,9H,2H2,1H3. The zero-order valence-corrected chi connectivity index (χ0v) is 6.68. The third-order valence-electron chi connectivity index (χ3n) is 1.39. The highest BCUT2D eigenvalue weighted by Crippen LogP contribution is 2.27. The van der Waals surface area contributed by atoms with Crippen molar-refractivity contribution in [3.63, 3.8) is 0 Å². The summed E-state index contributed by atoms with van der Waals surface area (Å²) in [6, 6.07) is 6.87. The normalized spacial score (nSPS) is 10.3. The van der Waals surface area contributed by atoms with Crippen LogP contribution in [0.1, 0.15) is 18.9 Å². The largest absolute Gasteiger partial charge is 0.493 e. The molecule has 0 heterocycles. The van der Waals surface area contributed by atoms with E-state index >= 15 is 0 Å². The lowest BCUT2D eigenvalue weighted by molar-refractivity contribution is 0.145. The smallest absolute Gasteiger partial charge is 0.267 e. The van der Waals surface area contributed by atoms with Crippen LogP contribution in [0.4, 0.5) is 8.78 Å². The van der Waals surface area contributed by atoms with Crippen molar-refractivity contribution in [1.29, 1.82) is 0 Å². The lowest BCUT2D eigenvalue weighted by Gasteiger charge is -2.07. The number of benzene rings is 1. The van der Waals surface area contributed by atoms with Gasteiger partial charge in [-0.25, -0.2) is 8.78 Å². The molecule has 0 aromatic heterocycles. The van der Waals surface area contributed by atoms with Gasteiger partial charge in [0.25, 0.3) is 6.43 Å². The Hall–Kier alpha value is -1.12. The summed E-state index contributed by atoms with van der Waals surface area (Å²) in [5, 5.41) is 0. The monoisotopic (exact) mass is 171 g/mol. The number of ether oxygens (including phenoxy) is 1. The minimum atomic E-state index is -2.49. The Bertz CT molecular complexity index is 248. The van der Waals surface area contributed by atoms with Crippen molar-refractivity contribution < 1.29 is 13.5 Å². The molecule has 1 aromatic carbocycles. The van der Waals surface area contributed by atoms with Crippen molar-refractivity contribution in [2.24, 2.45) is 0 Å². The van der Waals surface area contributed by atoms with Crippen LogP contribution in [0.15, 0.2) is 18.2 Å². The van der Waals surface area contributed by atoms with Crippen molar-refractivity contribution >= 4 is 0 Å². The molecule has 0 bridgehead atoms. The lowest BCUT2D eigenvalue weighted by atomic mass is 10.2. The molecule has 0 saturated carbocycles. The van der Waals surface area contributed by atoms with Crippen LogP contribution in [0.25, 0.3) is 0 Å². The van der Waals surface area contributed by atoms with Gasteiger partial charge in [0.15, 0.2) is 0 Å². The summed E-state index contributed by atoms with van der Waals surface area (Å²) >= 11 is 0. The van der Waals surface area contributed by atoms with Crippen molar-refractivity contribution in [3.05, 3.63) is 29.8 Å². The average Bonchev–Trinajstić information content (AvgIpc) is 2.05. The van der Waals surface area contributed by atoms with E-state index in [1.165, 1.54) is 18.2 Å². The Morgan fingerprint density at radius 2 is 2.33 bits per heavy atom. The minimum Gasteiger partial charge on any atom is -0.493 e. The number of hydrogen-bond donors (Lipinski definition) is 0. The van der Waals surface area contributed by atoms with Crippen LogP contribution in [-0.2, 0) is 0 Å². The molecule has 0 aliphatic rings. The van der Waals surface area contributed by atoms with Gasteiger partial charge >= 0.3 is 0 Å². The molecular formula is C9H9F2O. The molecule has 1 rings (SSSR count). The summed E-state index contributed by atoms with van der Waals surface area (Å²) in [5.74, 6) is 0.218. The second kappa shape index (κ2) is 4.04. The average molecular weight is 171 g/mol. The van der Waals surface area contributed by atoms with E-state index in [1.807, 2.05) is 0 Å². The van der Waals surface area contributed by atoms with E-state index in [-0.39, 0.29) is 11.3 Å². The second-order valence-electron chi connectivity index (χ2n) is 2.20. The quantitative estimate of drug-likeness (QED) is 0.679. The molecule has 0 saturated heterocycles. The molecule has 12 heavy (non-hydrogen) atoms. The second-order valence-corrected chi connectivity index (χ2v) is 2.20. The Morgan fingerprint density at radius 1 is 1.58 bits per heavy atom. The van der Waals surface area contributed by atoms with Crippen molar-refractivity contribution in [2.45, 2.75) is 13.3 Å². The van der Waals surface area contributed by atoms with Gasteiger partial charge in [-0.1, -0.05) is 6.07 Å². The Kier molecular flexibility index (Phi) is 3.02. The highest BCUT2D eigenvalue weighted by Gasteiger charge is 2.12. The Morgan fingerprint density at radius 3 is 2.92 bits per heavy atom. The van der Waals surface area contributed by atoms with Crippen LogP contribution in [-0.4, -0.2) is 6.61 Å². The molecule has 3 heteroatoms. The molecule has 0 fully saturated rings. The Balaban J connectivity index is 2.92.